The minimum atomic E-state index is -4.57. The smallest absolute Gasteiger partial charge is 0.282 e. The first kappa shape index (κ1) is 38.7. The quantitative estimate of drug-likeness (QED) is 0.138. The molecule has 0 spiro atoms. The summed E-state index contributed by atoms with van der Waals surface area (Å²) in [5.74, 6) is 0. The van der Waals surface area contributed by atoms with Crippen molar-refractivity contribution in [1.82, 2.24) is 10.0 Å². The van der Waals surface area contributed by atoms with Gasteiger partial charge in [-0.15, -0.1) is 0 Å². The van der Waals surface area contributed by atoms with Gasteiger partial charge in [-0.2, -0.15) is 62.9 Å². The van der Waals surface area contributed by atoms with Crippen molar-refractivity contribution >= 4 is 12.4 Å². The lowest BCUT2D eigenvalue weighted by molar-refractivity contribution is -0.138. The van der Waals surface area contributed by atoms with Crippen LogP contribution < -0.4 is 0 Å². The molecule has 54 heavy (non-hydrogen) atoms. The van der Waals surface area contributed by atoms with Crippen molar-refractivity contribution in [3.63, 3.8) is 0 Å². The van der Waals surface area contributed by atoms with Gasteiger partial charge in [0.2, 0.25) is 0 Å². The molecule has 16 heteroatoms. The van der Waals surface area contributed by atoms with E-state index < -0.39 is 71.1 Å². The minimum absolute atomic E-state index is 0.393. The second-order valence-corrected chi connectivity index (χ2v) is 13.0. The van der Waals surface area contributed by atoms with Gasteiger partial charge in [-0.3, -0.25) is 10.0 Å². The van der Waals surface area contributed by atoms with Crippen molar-refractivity contribution in [1.29, 1.82) is 0 Å². The highest BCUT2D eigenvalue weighted by Crippen LogP contribution is 2.47. The van der Waals surface area contributed by atoms with E-state index >= 15 is 0 Å². The van der Waals surface area contributed by atoms with E-state index in [-0.39, 0.29) is 0 Å². The highest BCUT2D eigenvalue weighted by Gasteiger charge is 2.39. The molecule has 0 aliphatic carbocycles. The molecule has 0 N–H and O–H groups in total. The number of hydrazone groups is 2. The molecule has 2 saturated heterocycles. The Kier molecular flexibility index (Phi) is 10.5. The first-order valence-corrected chi connectivity index (χ1v) is 16.6. The Labute approximate surface area is 301 Å². The molecule has 4 nitrogen and oxygen atoms in total. The lowest BCUT2D eigenvalue weighted by atomic mass is 10.0. The summed E-state index contributed by atoms with van der Waals surface area (Å²) in [4.78, 5) is 0. The topological polar surface area (TPSA) is 31.2 Å². The van der Waals surface area contributed by atoms with Crippen molar-refractivity contribution < 1.29 is 52.7 Å². The largest absolute Gasteiger partial charge is 0.416 e. The average molecular weight is 771 g/mol. The molecule has 6 rings (SSSR count). The fraction of sp³-hybridized carbons (Fsp3) is 0.316. The second kappa shape index (κ2) is 14.7. The molecular formula is C38H30F12N4. The predicted molar refractivity (Wildman–Crippen MR) is 176 cm³/mol. The van der Waals surface area contributed by atoms with E-state index in [1.54, 1.807) is 10.0 Å². The van der Waals surface area contributed by atoms with Gasteiger partial charge in [0.05, 0.1) is 58.9 Å². The van der Waals surface area contributed by atoms with Crippen LogP contribution in [0.5, 0.6) is 0 Å². The van der Waals surface area contributed by atoms with Crippen molar-refractivity contribution in [2.75, 3.05) is 0 Å². The number of alkyl halides is 12. The van der Waals surface area contributed by atoms with Gasteiger partial charge < -0.3 is 0 Å². The zero-order chi connectivity index (χ0) is 39.1. The van der Waals surface area contributed by atoms with Crippen LogP contribution in [-0.2, 0) is 24.7 Å². The standard InChI is InChI=1S/C38H30F12N4/c39-35(40,41)27-9-1-23(2-10-27)31-17-18-32(24-3-11-28(12-4-24)36(42,43)44)53(31)51-21-22-52-54-33(25-5-13-29(14-6-25)37(45,46)47)19-20-34(54)26-7-15-30(16-8-26)38(48,49)50/h1-16,21-22,31-34H,17-20H2/b51-21+,52-22+/t31-,32-,33-,34-/m0/s1. The SMILES string of the molecule is FC(F)(F)c1ccc([C@@H]2CC[C@@H](c3ccc(C(F)(F)F)cc3)N2/N=C/C=N/N2[C@H](c3ccc(C(F)(F)F)cc3)CC[C@H]2c2ccc(C(F)(F)F)cc2)cc1. The molecule has 4 aromatic rings. The first-order chi connectivity index (χ1) is 25.3. The third kappa shape index (κ3) is 8.52. The molecular weight excluding hydrogens is 740 g/mol. The molecule has 0 unspecified atom stereocenters. The summed E-state index contributed by atoms with van der Waals surface area (Å²) in [5.41, 5.74) is -1.51. The summed E-state index contributed by atoms with van der Waals surface area (Å²) >= 11 is 0. The molecule has 0 bridgehead atoms. The molecule has 286 valence electrons. The van der Waals surface area contributed by atoms with E-state index in [0.29, 0.717) is 47.9 Å². The zero-order valence-electron chi connectivity index (χ0n) is 27.9. The van der Waals surface area contributed by atoms with Crippen molar-refractivity contribution in [2.45, 2.75) is 74.6 Å². The third-order valence-corrected chi connectivity index (χ3v) is 9.66. The maximum absolute atomic E-state index is 13.3. The maximum atomic E-state index is 13.3. The number of hydrogen-bond acceptors (Lipinski definition) is 4. The maximum Gasteiger partial charge on any atom is 0.416 e. The first-order valence-electron chi connectivity index (χ1n) is 16.6. The summed E-state index contributed by atoms with van der Waals surface area (Å²) < 4.78 is 159. The monoisotopic (exact) mass is 770 g/mol. The van der Waals surface area contributed by atoms with Crippen LogP contribution in [0.15, 0.2) is 107 Å². The molecule has 0 amide bonds. The van der Waals surface area contributed by atoms with Gasteiger partial charge in [0.25, 0.3) is 0 Å². The van der Waals surface area contributed by atoms with Crippen molar-refractivity contribution in [3.05, 3.63) is 142 Å². The van der Waals surface area contributed by atoms with E-state index in [1.807, 2.05) is 0 Å². The van der Waals surface area contributed by atoms with E-state index in [1.165, 1.54) is 61.0 Å². The Balaban J connectivity index is 1.32. The van der Waals surface area contributed by atoms with Crippen LogP contribution in [0.3, 0.4) is 0 Å². The average Bonchev–Trinajstić information content (AvgIpc) is 3.73. The number of halogens is 12. The number of nitrogens with zero attached hydrogens (tertiary/aromatic N) is 4. The van der Waals surface area contributed by atoms with E-state index in [0.717, 1.165) is 48.5 Å². The molecule has 0 radical (unpaired) electrons. The number of benzene rings is 4. The van der Waals surface area contributed by atoms with Gasteiger partial charge in [-0.25, -0.2) is 0 Å². The molecule has 0 aromatic heterocycles. The summed E-state index contributed by atoms with van der Waals surface area (Å²) in [6, 6.07) is 15.7. The molecule has 4 atom stereocenters. The lowest BCUT2D eigenvalue weighted by Crippen LogP contribution is -2.23. The van der Waals surface area contributed by atoms with Gasteiger partial charge in [0, 0.05) is 0 Å². The molecule has 4 aromatic carbocycles. The Hall–Kier alpha value is -5.02. The van der Waals surface area contributed by atoms with Crippen LogP contribution in [0.2, 0.25) is 0 Å². The highest BCUT2D eigenvalue weighted by atomic mass is 19.4. The van der Waals surface area contributed by atoms with Gasteiger partial charge in [-0.05, 0) is 96.5 Å². The fourth-order valence-corrected chi connectivity index (χ4v) is 6.99. The molecule has 0 saturated carbocycles. The van der Waals surface area contributed by atoms with Gasteiger partial charge in [-0.1, -0.05) is 48.5 Å². The Morgan fingerprint density at radius 3 is 0.704 bits per heavy atom. The van der Waals surface area contributed by atoms with Crippen molar-refractivity contribution in [3.8, 4) is 0 Å². The summed E-state index contributed by atoms with van der Waals surface area (Å²) in [7, 11) is 0. The zero-order valence-corrected chi connectivity index (χ0v) is 27.9. The van der Waals surface area contributed by atoms with Crippen LogP contribution in [0, 0.1) is 0 Å². The normalized spacial score (nSPS) is 21.6. The Bertz CT molecular complexity index is 1650. The fourth-order valence-electron chi connectivity index (χ4n) is 6.99. The molecule has 2 aliphatic rings. The van der Waals surface area contributed by atoms with Crippen LogP contribution in [0.25, 0.3) is 0 Å². The Morgan fingerprint density at radius 1 is 0.352 bits per heavy atom. The summed E-state index contributed by atoms with van der Waals surface area (Å²) in [6.45, 7) is 0. The van der Waals surface area contributed by atoms with Crippen LogP contribution in [0.1, 0.15) is 94.4 Å². The van der Waals surface area contributed by atoms with Crippen LogP contribution >= 0.6 is 0 Å². The second-order valence-electron chi connectivity index (χ2n) is 13.0. The molecule has 2 aliphatic heterocycles. The summed E-state index contributed by atoms with van der Waals surface area (Å²) in [6.07, 6.45) is -14.2. The predicted octanol–water partition coefficient (Wildman–Crippen LogP) is 12.2. The number of hydrogen-bond donors (Lipinski definition) is 0. The van der Waals surface area contributed by atoms with Gasteiger partial charge in [0.1, 0.15) is 0 Å². The summed E-state index contributed by atoms with van der Waals surface area (Å²) in [5, 5.41) is 12.2. The van der Waals surface area contributed by atoms with Gasteiger partial charge in [0.15, 0.2) is 0 Å². The van der Waals surface area contributed by atoms with Crippen molar-refractivity contribution in [2.24, 2.45) is 10.2 Å². The van der Waals surface area contributed by atoms with Crippen LogP contribution in [0.4, 0.5) is 52.7 Å². The highest BCUT2D eigenvalue weighted by molar-refractivity contribution is 6.15. The van der Waals surface area contributed by atoms with E-state index in [9.17, 15) is 52.7 Å². The lowest BCUT2D eigenvalue weighted by Gasteiger charge is -2.29. The third-order valence-electron chi connectivity index (χ3n) is 9.66. The van der Waals surface area contributed by atoms with E-state index in [4.69, 9.17) is 0 Å². The number of rotatable bonds is 7. The van der Waals surface area contributed by atoms with Crippen LogP contribution in [-0.4, -0.2) is 22.4 Å². The van der Waals surface area contributed by atoms with E-state index in [2.05, 4.69) is 10.2 Å². The van der Waals surface area contributed by atoms with Gasteiger partial charge >= 0.3 is 24.7 Å². The molecule has 2 fully saturated rings. The minimum Gasteiger partial charge on any atom is -0.282 e. The molecule has 2 heterocycles. The Morgan fingerprint density at radius 2 is 0.537 bits per heavy atom.